The molecule has 0 amide bonds. The van der Waals surface area contributed by atoms with E-state index in [9.17, 15) is 4.79 Å². The Bertz CT molecular complexity index is 331. The number of aromatic carboxylic acids is 1. The van der Waals surface area contributed by atoms with Gasteiger partial charge in [0, 0.05) is 11.4 Å². The zero-order valence-electron chi connectivity index (χ0n) is 8.82. The maximum absolute atomic E-state index is 10.6. The van der Waals surface area contributed by atoms with E-state index in [1.807, 2.05) is 13.8 Å². The lowest BCUT2D eigenvalue weighted by Gasteiger charge is -2.04. The Kier molecular flexibility index (Phi) is 7.39. The molecule has 5 heteroatoms. The number of carboxylic acid groups (broad SMARTS) is 1. The Morgan fingerprint density at radius 1 is 1.53 bits per heavy atom. The number of hydrogen-bond acceptors (Lipinski definition) is 3. The average Bonchev–Trinajstić information content (AvgIpc) is 2.24. The van der Waals surface area contributed by atoms with Gasteiger partial charge >= 0.3 is 5.97 Å². The van der Waals surface area contributed by atoms with Crippen molar-refractivity contribution in [3.8, 4) is 0 Å². The second-order valence-electron chi connectivity index (χ2n) is 2.53. The van der Waals surface area contributed by atoms with Crippen molar-refractivity contribution in [2.24, 2.45) is 0 Å². The Morgan fingerprint density at radius 3 is 2.60 bits per heavy atom. The van der Waals surface area contributed by atoms with Gasteiger partial charge in [-0.15, -0.1) is 12.6 Å². The molecule has 3 nitrogen and oxygen atoms in total. The molecule has 1 aromatic rings. The number of carboxylic acids is 1. The smallest absolute Gasteiger partial charge is 0.335 e. The van der Waals surface area contributed by atoms with Crippen LogP contribution < -0.4 is 5.09 Å². The number of carbonyl (C=O) groups is 1. The largest absolute Gasteiger partial charge is 0.478 e. The van der Waals surface area contributed by atoms with Crippen LogP contribution in [0.2, 0.25) is 0 Å². The first kappa shape index (κ1) is 14.4. The van der Waals surface area contributed by atoms with E-state index in [1.165, 1.54) is 6.07 Å². The van der Waals surface area contributed by atoms with Crippen LogP contribution in [0.3, 0.4) is 0 Å². The molecule has 0 bridgehead atoms. The van der Waals surface area contributed by atoms with Crippen LogP contribution >= 0.6 is 22.0 Å². The van der Waals surface area contributed by atoms with Crippen LogP contribution in [0.1, 0.15) is 29.8 Å². The SMILES string of the molecule is CC.O=C(O)c1ccc(S)c(CNP)c1. The minimum absolute atomic E-state index is 0.285. The second-order valence-corrected chi connectivity index (χ2v) is 3.42. The van der Waals surface area contributed by atoms with Gasteiger partial charge in [0.1, 0.15) is 0 Å². The third-order valence-corrected chi connectivity index (χ3v) is 2.26. The van der Waals surface area contributed by atoms with Gasteiger partial charge in [-0.05, 0) is 23.8 Å². The molecule has 1 rings (SSSR count). The highest BCUT2D eigenvalue weighted by atomic mass is 32.1. The summed E-state index contributed by atoms with van der Waals surface area (Å²) >= 11 is 4.21. The maximum atomic E-state index is 10.6. The molecule has 2 N–H and O–H groups in total. The predicted molar refractivity (Wildman–Crippen MR) is 68.6 cm³/mol. The molecule has 1 atom stereocenters. The minimum atomic E-state index is -0.918. The highest BCUT2D eigenvalue weighted by Gasteiger charge is 2.05. The zero-order chi connectivity index (χ0) is 11.8. The van der Waals surface area contributed by atoms with Crippen molar-refractivity contribution >= 4 is 28.0 Å². The molecule has 0 radical (unpaired) electrons. The van der Waals surface area contributed by atoms with Crippen LogP contribution in [0.15, 0.2) is 23.1 Å². The fraction of sp³-hybridized carbons (Fsp3) is 0.300. The summed E-state index contributed by atoms with van der Waals surface area (Å²) in [5, 5.41) is 11.6. The summed E-state index contributed by atoms with van der Waals surface area (Å²) in [6.07, 6.45) is 0. The van der Waals surface area contributed by atoms with E-state index < -0.39 is 5.97 Å². The van der Waals surface area contributed by atoms with E-state index in [0.29, 0.717) is 6.54 Å². The lowest BCUT2D eigenvalue weighted by atomic mass is 10.1. The first-order valence-electron chi connectivity index (χ1n) is 4.64. The molecule has 0 saturated heterocycles. The summed E-state index contributed by atoms with van der Waals surface area (Å²) in [5.41, 5.74) is 1.16. The second kappa shape index (κ2) is 7.69. The molecule has 0 aromatic heterocycles. The van der Waals surface area contributed by atoms with Crippen molar-refractivity contribution in [3.05, 3.63) is 29.3 Å². The van der Waals surface area contributed by atoms with Gasteiger partial charge < -0.3 is 5.11 Å². The summed E-state index contributed by atoms with van der Waals surface area (Å²) in [7, 11) is 2.36. The molecular formula is C10H16NO2PS. The molecular weight excluding hydrogens is 229 g/mol. The van der Waals surface area contributed by atoms with Gasteiger partial charge in [-0.3, -0.25) is 5.09 Å². The first-order chi connectivity index (χ1) is 7.15. The van der Waals surface area contributed by atoms with Gasteiger partial charge in [0.15, 0.2) is 0 Å². The lowest BCUT2D eigenvalue weighted by Crippen LogP contribution is -2.02. The number of rotatable bonds is 3. The minimum Gasteiger partial charge on any atom is -0.478 e. The maximum Gasteiger partial charge on any atom is 0.335 e. The van der Waals surface area contributed by atoms with Crippen molar-refractivity contribution in [2.45, 2.75) is 25.3 Å². The molecule has 0 fully saturated rings. The van der Waals surface area contributed by atoms with Gasteiger partial charge in [0.05, 0.1) is 5.56 Å². The van der Waals surface area contributed by atoms with Gasteiger partial charge in [-0.25, -0.2) is 4.79 Å². The van der Waals surface area contributed by atoms with Crippen molar-refractivity contribution in [3.63, 3.8) is 0 Å². The van der Waals surface area contributed by atoms with Crippen LogP contribution in [0, 0.1) is 0 Å². The normalized spacial score (nSPS) is 9.07. The topological polar surface area (TPSA) is 49.3 Å². The van der Waals surface area contributed by atoms with Crippen LogP contribution in [0.4, 0.5) is 0 Å². The van der Waals surface area contributed by atoms with Gasteiger partial charge in [0.2, 0.25) is 0 Å². The van der Waals surface area contributed by atoms with Gasteiger partial charge in [-0.1, -0.05) is 23.2 Å². The number of thiol groups is 1. The van der Waals surface area contributed by atoms with Crippen LogP contribution in [0.5, 0.6) is 0 Å². The molecule has 0 spiro atoms. The van der Waals surface area contributed by atoms with Crippen LogP contribution in [-0.2, 0) is 6.54 Å². The summed E-state index contributed by atoms with van der Waals surface area (Å²) in [4.78, 5) is 11.4. The van der Waals surface area contributed by atoms with E-state index in [0.717, 1.165) is 10.5 Å². The Labute approximate surface area is 97.9 Å². The molecule has 0 aliphatic carbocycles. The summed E-state index contributed by atoms with van der Waals surface area (Å²) in [6, 6.07) is 4.84. The average molecular weight is 245 g/mol. The number of benzene rings is 1. The lowest BCUT2D eigenvalue weighted by molar-refractivity contribution is 0.0696. The number of nitrogens with one attached hydrogen (secondary N) is 1. The standard InChI is InChI=1S/C8H10NO2PS.C2H6/c10-8(11)5-1-2-7(13)6(3-5)4-9-12;1-2/h1-3,9,13H,4,12H2,(H,10,11);1-2H3. The molecule has 0 aliphatic heterocycles. The fourth-order valence-electron chi connectivity index (χ4n) is 0.970. The Balaban J connectivity index is 0.000000921. The highest BCUT2D eigenvalue weighted by molar-refractivity contribution is 7.80. The van der Waals surface area contributed by atoms with E-state index in [-0.39, 0.29) is 5.56 Å². The molecule has 0 saturated carbocycles. The third-order valence-electron chi connectivity index (χ3n) is 1.62. The van der Waals surface area contributed by atoms with Crippen molar-refractivity contribution in [1.82, 2.24) is 5.09 Å². The third kappa shape index (κ3) is 4.65. The molecule has 1 aromatic carbocycles. The van der Waals surface area contributed by atoms with Crippen LogP contribution in [0.25, 0.3) is 0 Å². The van der Waals surface area contributed by atoms with Gasteiger partial charge in [-0.2, -0.15) is 0 Å². The Morgan fingerprint density at radius 2 is 2.13 bits per heavy atom. The van der Waals surface area contributed by atoms with E-state index in [4.69, 9.17) is 5.11 Å². The Hall–Kier alpha value is -0.570. The summed E-state index contributed by atoms with van der Waals surface area (Å²) in [5.74, 6) is -0.918. The monoisotopic (exact) mass is 245 g/mol. The van der Waals surface area contributed by atoms with E-state index in [1.54, 1.807) is 12.1 Å². The molecule has 1 unspecified atom stereocenters. The van der Waals surface area contributed by atoms with E-state index in [2.05, 4.69) is 27.1 Å². The van der Waals surface area contributed by atoms with Crippen molar-refractivity contribution in [1.29, 1.82) is 0 Å². The molecule has 0 heterocycles. The zero-order valence-corrected chi connectivity index (χ0v) is 10.9. The van der Waals surface area contributed by atoms with Crippen molar-refractivity contribution in [2.75, 3.05) is 0 Å². The molecule has 0 aliphatic rings. The first-order valence-corrected chi connectivity index (χ1v) is 5.66. The summed E-state index contributed by atoms with van der Waals surface area (Å²) in [6.45, 7) is 4.59. The van der Waals surface area contributed by atoms with E-state index >= 15 is 0 Å². The van der Waals surface area contributed by atoms with Gasteiger partial charge in [0.25, 0.3) is 0 Å². The van der Waals surface area contributed by atoms with Crippen molar-refractivity contribution < 1.29 is 9.90 Å². The molecule has 15 heavy (non-hydrogen) atoms. The fourth-order valence-corrected chi connectivity index (χ4v) is 1.41. The van der Waals surface area contributed by atoms with Crippen LogP contribution in [-0.4, -0.2) is 11.1 Å². The number of hydrogen-bond donors (Lipinski definition) is 3. The summed E-state index contributed by atoms with van der Waals surface area (Å²) < 4.78 is 0. The molecule has 84 valence electrons. The quantitative estimate of drug-likeness (QED) is 0.566. The highest BCUT2D eigenvalue weighted by Crippen LogP contribution is 2.16. The predicted octanol–water partition coefficient (Wildman–Crippen LogP) is 2.58.